The Labute approximate surface area is 194 Å². The highest BCUT2D eigenvalue weighted by molar-refractivity contribution is 6.11. The third kappa shape index (κ3) is 4.27. The van der Waals surface area contributed by atoms with E-state index in [1.54, 1.807) is 0 Å². The molecule has 2 aromatic carbocycles. The molecule has 1 heterocycles. The molecule has 1 aliphatic heterocycles. The summed E-state index contributed by atoms with van der Waals surface area (Å²) in [7, 11) is 1.32. The number of ether oxygens (including phenoxy) is 3. The number of hydrogen-bond donors (Lipinski definition) is 2. The Morgan fingerprint density at radius 1 is 1.03 bits per heavy atom. The Balaban J connectivity index is 1.86. The van der Waals surface area contributed by atoms with Crippen molar-refractivity contribution < 1.29 is 23.8 Å². The first-order valence-electron chi connectivity index (χ1n) is 11.4. The number of nitrogens with one attached hydrogen (secondary N) is 2. The molecule has 1 aliphatic carbocycles. The van der Waals surface area contributed by atoms with Crippen molar-refractivity contribution in [1.82, 2.24) is 0 Å². The van der Waals surface area contributed by atoms with Gasteiger partial charge in [0.25, 0.3) is 0 Å². The third-order valence-electron chi connectivity index (χ3n) is 6.13. The lowest BCUT2D eigenvalue weighted by molar-refractivity contribution is -0.151. The Bertz CT molecular complexity index is 1090. The summed E-state index contributed by atoms with van der Waals surface area (Å²) < 4.78 is 16.5. The second kappa shape index (κ2) is 9.57. The molecule has 0 amide bonds. The highest BCUT2D eigenvalue weighted by Gasteiger charge is 2.44. The normalized spacial score (nSPS) is 21.7. The summed E-state index contributed by atoms with van der Waals surface area (Å²) in [5, 5.41) is 6.99. The van der Waals surface area contributed by atoms with Gasteiger partial charge in [0.15, 0.2) is 17.3 Å². The van der Waals surface area contributed by atoms with E-state index in [0.717, 1.165) is 22.6 Å². The maximum atomic E-state index is 13.7. The smallest absolute Gasteiger partial charge is 0.316 e. The van der Waals surface area contributed by atoms with Crippen LogP contribution < -0.4 is 20.1 Å². The lowest BCUT2D eigenvalue weighted by Gasteiger charge is -2.32. The third-order valence-corrected chi connectivity index (χ3v) is 6.13. The van der Waals surface area contributed by atoms with Gasteiger partial charge in [0.05, 0.1) is 37.7 Å². The van der Waals surface area contributed by atoms with Gasteiger partial charge in [-0.05, 0) is 56.0 Å². The molecule has 7 heteroatoms. The number of esters is 1. The summed E-state index contributed by atoms with van der Waals surface area (Å²) in [5.41, 5.74) is 3.98. The van der Waals surface area contributed by atoms with Crippen LogP contribution in [0.25, 0.3) is 0 Å². The maximum absolute atomic E-state index is 13.7. The first-order chi connectivity index (χ1) is 16.0. The SMILES string of the molecule is CCOc1ccc([C@H]2Nc3ccccc3NC3=C2C(=O)[C@@H](C(=O)OC)[C@@H](C)C3)cc1OCC. The highest BCUT2D eigenvalue weighted by atomic mass is 16.5. The number of fused-ring (bicyclic) bond motifs is 1. The summed E-state index contributed by atoms with van der Waals surface area (Å²) in [5.74, 6) is -0.467. The zero-order chi connectivity index (χ0) is 23.5. The minimum Gasteiger partial charge on any atom is -0.490 e. The number of Topliss-reactive ketones (excluding diaryl/α,β-unsaturated/α-hetero) is 1. The summed E-state index contributed by atoms with van der Waals surface area (Å²) in [4.78, 5) is 26.3. The van der Waals surface area contributed by atoms with E-state index in [1.807, 2.05) is 63.2 Å². The molecule has 0 aromatic heterocycles. The van der Waals surface area contributed by atoms with Gasteiger partial charge < -0.3 is 24.8 Å². The first-order valence-corrected chi connectivity index (χ1v) is 11.4. The van der Waals surface area contributed by atoms with Crippen LogP contribution in [0.1, 0.15) is 38.8 Å². The van der Waals surface area contributed by atoms with E-state index in [2.05, 4.69) is 10.6 Å². The number of rotatable bonds is 6. The molecule has 7 nitrogen and oxygen atoms in total. The molecule has 0 saturated heterocycles. The monoisotopic (exact) mass is 450 g/mol. The van der Waals surface area contributed by atoms with E-state index in [4.69, 9.17) is 14.2 Å². The fraction of sp³-hybridized carbons (Fsp3) is 0.385. The van der Waals surface area contributed by atoms with Crippen molar-refractivity contribution in [3.63, 3.8) is 0 Å². The molecule has 33 heavy (non-hydrogen) atoms. The van der Waals surface area contributed by atoms with E-state index < -0.39 is 17.9 Å². The number of ketones is 1. The predicted molar refractivity (Wildman–Crippen MR) is 127 cm³/mol. The zero-order valence-electron chi connectivity index (χ0n) is 19.4. The first kappa shape index (κ1) is 22.7. The van der Waals surface area contributed by atoms with E-state index >= 15 is 0 Å². The molecule has 0 bridgehead atoms. The topological polar surface area (TPSA) is 85.9 Å². The number of hydrogen-bond acceptors (Lipinski definition) is 7. The number of para-hydroxylation sites is 2. The van der Waals surface area contributed by atoms with Crippen molar-refractivity contribution in [3.05, 3.63) is 59.3 Å². The summed E-state index contributed by atoms with van der Waals surface area (Å²) in [6.07, 6.45) is 0.558. The number of allylic oxidation sites excluding steroid dienone is 1. The maximum Gasteiger partial charge on any atom is 0.316 e. The number of methoxy groups -OCH3 is 1. The summed E-state index contributed by atoms with van der Waals surface area (Å²) in [6.45, 7) is 6.76. The molecule has 0 saturated carbocycles. The molecular formula is C26H30N2O5. The second-order valence-electron chi connectivity index (χ2n) is 8.26. The van der Waals surface area contributed by atoms with Crippen LogP contribution >= 0.6 is 0 Å². The minimum absolute atomic E-state index is 0.179. The quantitative estimate of drug-likeness (QED) is 0.487. The Morgan fingerprint density at radius 3 is 2.42 bits per heavy atom. The van der Waals surface area contributed by atoms with Gasteiger partial charge in [-0.15, -0.1) is 0 Å². The molecule has 2 N–H and O–H groups in total. The van der Waals surface area contributed by atoms with Crippen molar-refractivity contribution in [1.29, 1.82) is 0 Å². The van der Waals surface area contributed by atoms with Crippen molar-refractivity contribution in [2.75, 3.05) is 31.0 Å². The van der Waals surface area contributed by atoms with E-state index in [1.165, 1.54) is 7.11 Å². The lowest BCUT2D eigenvalue weighted by Crippen LogP contribution is -2.39. The van der Waals surface area contributed by atoms with Crippen molar-refractivity contribution in [2.24, 2.45) is 11.8 Å². The van der Waals surface area contributed by atoms with Gasteiger partial charge in [-0.1, -0.05) is 25.1 Å². The molecule has 0 unspecified atom stereocenters. The van der Waals surface area contributed by atoms with Gasteiger partial charge in [0.1, 0.15) is 5.92 Å². The number of anilines is 2. The minimum atomic E-state index is -0.838. The van der Waals surface area contributed by atoms with Crippen molar-refractivity contribution >= 4 is 23.1 Å². The van der Waals surface area contributed by atoms with E-state index in [9.17, 15) is 9.59 Å². The van der Waals surface area contributed by atoms with E-state index in [-0.39, 0.29) is 11.7 Å². The number of carbonyl (C=O) groups excluding carboxylic acids is 2. The van der Waals surface area contributed by atoms with Crippen LogP contribution in [-0.2, 0) is 14.3 Å². The zero-order valence-corrected chi connectivity index (χ0v) is 19.4. The Hall–Kier alpha value is -3.48. The van der Waals surface area contributed by atoms with Crippen LogP contribution in [0.4, 0.5) is 11.4 Å². The molecule has 0 spiro atoms. The van der Waals surface area contributed by atoms with Gasteiger partial charge in [0.2, 0.25) is 0 Å². The largest absolute Gasteiger partial charge is 0.490 e. The molecule has 2 aromatic rings. The molecule has 0 radical (unpaired) electrons. The average Bonchev–Trinajstić information content (AvgIpc) is 2.97. The molecular weight excluding hydrogens is 420 g/mol. The van der Waals surface area contributed by atoms with E-state index in [0.29, 0.717) is 36.7 Å². The van der Waals surface area contributed by atoms with Crippen molar-refractivity contribution in [2.45, 2.75) is 33.2 Å². The molecule has 0 fully saturated rings. The van der Waals surface area contributed by atoms with Gasteiger partial charge in [-0.2, -0.15) is 0 Å². The lowest BCUT2D eigenvalue weighted by atomic mass is 9.75. The molecule has 2 aliphatic rings. The molecule has 174 valence electrons. The van der Waals surface area contributed by atoms with Crippen LogP contribution in [0.2, 0.25) is 0 Å². The summed E-state index contributed by atoms with van der Waals surface area (Å²) in [6, 6.07) is 13.1. The Morgan fingerprint density at radius 2 is 1.73 bits per heavy atom. The van der Waals surface area contributed by atoms with Crippen LogP contribution in [0.3, 0.4) is 0 Å². The summed E-state index contributed by atoms with van der Waals surface area (Å²) >= 11 is 0. The second-order valence-corrected chi connectivity index (χ2v) is 8.26. The van der Waals surface area contributed by atoms with Gasteiger partial charge in [-0.3, -0.25) is 9.59 Å². The van der Waals surface area contributed by atoms with Crippen LogP contribution in [0, 0.1) is 11.8 Å². The molecule has 3 atom stereocenters. The van der Waals surface area contributed by atoms with Gasteiger partial charge >= 0.3 is 5.97 Å². The van der Waals surface area contributed by atoms with Crippen LogP contribution in [0.5, 0.6) is 11.5 Å². The van der Waals surface area contributed by atoms with Gasteiger partial charge in [0, 0.05) is 11.3 Å². The number of carbonyl (C=O) groups is 2. The fourth-order valence-electron chi connectivity index (χ4n) is 4.63. The molecule has 4 rings (SSSR count). The average molecular weight is 451 g/mol. The highest BCUT2D eigenvalue weighted by Crippen LogP contribution is 2.45. The number of benzene rings is 2. The van der Waals surface area contributed by atoms with Crippen LogP contribution in [0.15, 0.2) is 53.7 Å². The van der Waals surface area contributed by atoms with Crippen molar-refractivity contribution in [3.8, 4) is 11.5 Å². The predicted octanol–water partition coefficient (Wildman–Crippen LogP) is 4.71. The van der Waals surface area contributed by atoms with Gasteiger partial charge in [-0.25, -0.2) is 0 Å². The Kier molecular flexibility index (Phi) is 6.58. The van der Waals surface area contributed by atoms with Crippen LogP contribution in [-0.4, -0.2) is 32.1 Å². The fourth-order valence-corrected chi connectivity index (χ4v) is 4.63. The standard InChI is InChI=1S/C26H30N2O5/c1-5-32-20-12-11-16(14-21(20)33-6-2)24-23-19(27-17-9-7-8-10-18(17)28-24)13-15(3)22(25(23)29)26(30)31-4/h7-12,14-15,22,24,27-28H,5-6,13H2,1-4H3/t15-,22-,24+/m0/s1.